The smallest absolute Gasteiger partial charge is 0.227 e. The highest BCUT2D eigenvalue weighted by atomic mass is 16.5. The van der Waals surface area contributed by atoms with Gasteiger partial charge in [0.05, 0.1) is 33.8 Å². The third kappa shape index (κ3) is 3.65. The molecule has 4 rings (SSSR count). The Bertz CT molecular complexity index is 845. The minimum atomic E-state index is 0.116. The summed E-state index contributed by atoms with van der Waals surface area (Å²) < 4.78 is 16.3. The number of rotatable bonds is 6. The Morgan fingerprint density at radius 3 is 2.34 bits per heavy atom. The standard InChI is InChI=1S/C23H28N2O4/c1-27-19-9-15(10-20(28-2)23(19)29-3)11-21(26)25-14-17-12-24-13-18(17)22(25)16-7-5-4-6-8-16/h4-10,17-18,22,24H,11-14H2,1-3H3/t17-,18-,22-/m0/s1. The van der Waals surface area contributed by atoms with E-state index in [4.69, 9.17) is 14.2 Å². The molecule has 1 N–H and O–H groups in total. The van der Waals surface area contributed by atoms with Crippen LogP contribution in [0.5, 0.6) is 17.2 Å². The molecule has 0 aliphatic carbocycles. The lowest BCUT2D eigenvalue weighted by Crippen LogP contribution is -2.35. The number of benzene rings is 2. The van der Waals surface area contributed by atoms with Crippen LogP contribution in [0.15, 0.2) is 42.5 Å². The highest BCUT2D eigenvalue weighted by molar-refractivity contribution is 5.80. The van der Waals surface area contributed by atoms with E-state index in [0.717, 1.165) is 25.2 Å². The number of likely N-dealkylation sites (tertiary alicyclic amines) is 1. The number of amides is 1. The second-order valence-electron chi connectivity index (χ2n) is 7.69. The lowest BCUT2D eigenvalue weighted by Gasteiger charge is -2.28. The van der Waals surface area contributed by atoms with Gasteiger partial charge in [-0.1, -0.05) is 30.3 Å². The van der Waals surface area contributed by atoms with E-state index in [1.807, 2.05) is 30.3 Å². The first kappa shape index (κ1) is 19.6. The number of nitrogens with zero attached hydrogens (tertiary/aromatic N) is 1. The van der Waals surface area contributed by atoms with Gasteiger partial charge in [-0.25, -0.2) is 0 Å². The third-order valence-electron chi connectivity index (χ3n) is 6.11. The van der Waals surface area contributed by atoms with E-state index >= 15 is 0 Å². The van der Waals surface area contributed by atoms with Crippen molar-refractivity contribution in [3.8, 4) is 17.2 Å². The molecule has 2 aliphatic heterocycles. The summed E-state index contributed by atoms with van der Waals surface area (Å²) in [6, 6.07) is 14.2. The predicted octanol–water partition coefficient (Wildman–Crippen LogP) is 2.67. The summed E-state index contributed by atoms with van der Waals surface area (Å²) in [5, 5.41) is 3.49. The second-order valence-corrected chi connectivity index (χ2v) is 7.69. The maximum absolute atomic E-state index is 13.4. The van der Waals surface area contributed by atoms with Crippen molar-refractivity contribution >= 4 is 5.91 Å². The molecule has 29 heavy (non-hydrogen) atoms. The summed E-state index contributed by atoms with van der Waals surface area (Å²) >= 11 is 0. The van der Waals surface area contributed by atoms with Gasteiger partial charge in [-0.2, -0.15) is 0 Å². The normalized spacial score (nSPS) is 23.0. The van der Waals surface area contributed by atoms with Gasteiger partial charge in [-0.15, -0.1) is 0 Å². The van der Waals surface area contributed by atoms with E-state index in [1.165, 1.54) is 5.56 Å². The Kier molecular flexibility index (Phi) is 5.62. The van der Waals surface area contributed by atoms with Crippen molar-refractivity contribution in [3.63, 3.8) is 0 Å². The maximum atomic E-state index is 13.4. The van der Waals surface area contributed by atoms with Crippen LogP contribution < -0.4 is 19.5 Å². The van der Waals surface area contributed by atoms with E-state index in [9.17, 15) is 4.79 Å². The van der Waals surface area contributed by atoms with Crippen molar-refractivity contribution < 1.29 is 19.0 Å². The van der Waals surface area contributed by atoms with Crippen molar-refractivity contribution in [1.29, 1.82) is 0 Å². The molecule has 2 fully saturated rings. The Hall–Kier alpha value is -2.73. The molecule has 2 aromatic carbocycles. The van der Waals surface area contributed by atoms with Crippen LogP contribution in [0.1, 0.15) is 17.2 Å². The van der Waals surface area contributed by atoms with E-state index in [0.29, 0.717) is 35.5 Å². The van der Waals surface area contributed by atoms with Gasteiger partial charge in [0.2, 0.25) is 11.7 Å². The van der Waals surface area contributed by atoms with Gasteiger partial charge in [0.1, 0.15) is 0 Å². The minimum absolute atomic E-state index is 0.116. The van der Waals surface area contributed by atoms with Crippen LogP contribution in [0.2, 0.25) is 0 Å². The molecule has 6 heteroatoms. The third-order valence-corrected chi connectivity index (χ3v) is 6.11. The quantitative estimate of drug-likeness (QED) is 0.814. The van der Waals surface area contributed by atoms with Crippen molar-refractivity contribution in [2.75, 3.05) is 41.0 Å². The summed E-state index contributed by atoms with van der Waals surface area (Å²) in [4.78, 5) is 15.4. The number of carbonyl (C=O) groups is 1. The van der Waals surface area contributed by atoms with Crippen molar-refractivity contribution in [2.24, 2.45) is 11.8 Å². The summed E-state index contributed by atoms with van der Waals surface area (Å²) in [5.41, 5.74) is 2.06. The molecule has 0 bridgehead atoms. The highest BCUT2D eigenvalue weighted by Crippen LogP contribution is 2.43. The molecule has 0 unspecified atom stereocenters. The fourth-order valence-electron chi connectivity index (χ4n) is 4.77. The van der Waals surface area contributed by atoms with Crippen LogP contribution in [-0.4, -0.2) is 51.8 Å². The Balaban J connectivity index is 1.61. The van der Waals surface area contributed by atoms with Crippen molar-refractivity contribution in [1.82, 2.24) is 10.2 Å². The number of hydrogen-bond donors (Lipinski definition) is 1. The number of nitrogens with one attached hydrogen (secondary N) is 1. The molecule has 6 nitrogen and oxygen atoms in total. The van der Waals surface area contributed by atoms with Gasteiger partial charge in [0.15, 0.2) is 11.5 Å². The van der Waals surface area contributed by atoms with Crippen LogP contribution in [0.4, 0.5) is 0 Å². The lowest BCUT2D eigenvalue weighted by molar-refractivity contribution is -0.131. The van der Waals surface area contributed by atoms with Gasteiger partial charge in [0, 0.05) is 25.6 Å². The number of hydrogen-bond acceptors (Lipinski definition) is 5. The van der Waals surface area contributed by atoms with E-state index in [1.54, 1.807) is 21.3 Å². The summed E-state index contributed by atoms with van der Waals surface area (Å²) in [6.45, 7) is 2.72. The molecule has 0 spiro atoms. The molecule has 154 valence electrons. The Morgan fingerprint density at radius 2 is 1.72 bits per heavy atom. The minimum Gasteiger partial charge on any atom is -0.493 e. The number of methoxy groups -OCH3 is 3. The average molecular weight is 396 g/mol. The topological polar surface area (TPSA) is 60.0 Å². The van der Waals surface area contributed by atoms with Gasteiger partial charge in [-0.3, -0.25) is 4.79 Å². The maximum Gasteiger partial charge on any atom is 0.227 e. The largest absolute Gasteiger partial charge is 0.493 e. The number of carbonyl (C=O) groups excluding carboxylic acids is 1. The monoisotopic (exact) mass is 396 g/mol. The Morgan fingerprint density at radius 1 is 1.03 bits per heavy atom. The van der Waals surface area contributed by atoms with Gasteiger partial charge in [0.25, 0.3) is 0 Å². The van der Waals surface area contributed by atoms with Crippen LogP contribution in [0, 0.1) is 11.8 Å². The van der Waals surface area contributed by atoms with Crippen molar-refractivity contribution in [2.45, 2.75) is 12.5 Å². The zero-order valence-electron chi connectivity index (χ0n) is 17.2. The molecule has 2 heterocycles. The molecule has 1 amide bonds. The molecule has 0 radical (unpaired) electrons. The first-order chi connectivity index (χ1) is 14.2. The SMILES string of the molecule is COc1cc(CC(=O)N2C[C@@H]3CNC[C@@H]3[C@@H]2c2ccccc2)cc(OC)c1OC. The first-order valence-corrected chi connectivity index (χ1v) is 10.00. The Labute approximate surface area is 171 Å². The molecule has 0 aromatic heterocycles. The fraction of sp³-hybridized carbons (Fsp3) is 0.435. The first-order valence-electron chi connectivity index (χ1n) is 10.00. The van der Waals surface area contributed by atoms with Crippen LogP contribution >= 0.6 is 0 Å². The zero-order valence-corrected chi connectivity index (χ0v) is 17.2. The van der Waals surface area contributed by atoms with Crippen LogP contribution in [0.25, 0.3) is 0 Å². The lowest BCUT2D eigenvalue weighted by atomic mass is 9.89. The molecule has 2 aromatic rings. The molecule has 2 aliphatic rings. The second kappa shape index (κ2) is 8.33. The summed E-state index contributed by atoms with van der Waals surface area (Å²) in [7, 11) is 4.75. The van der Waals surface area contributed by atoms with Gasteiger partial charge in [-0.05, 0) is 29.2 Å². The fourth-order valence-corrected chi connectivity index (χ4v) is 4.77. The predicted molar refractivity (Wildman–Crippen MR) is 111 cm³/mol. The molecule has 3 atom stereocenters. The summed E-state index contributed by atoms with van der Waals surface area (Å²) in [6.07, 6.45) is 0.299. The molecular formula is C23H28N2O4. The van der Waals surface area contributed by atoms with E-state index in [2.05, 4.69) is 22.3 Å². The highest BCUT2D eigenvalue weighted by Gasteiger charge is 2.46. The average Bonchev–Trinajstić information content (AvgIpc) is 3.34. The number of ether oxygens (including phenoxy) is 3. The molecular weight excluding hydrogens is 368 g/mol. The van der Waals surface area contributed by atoms with Crippen LogP contribution in [0.3, 0.4) is 0 Å². The number of fused-ring (bicyclic) bond motifs is 1. The zero-order chi connectivity index (χ0) is 20.4. The van der Waals surface area contributed by atoms with Gasteiger partial charge < -0.3 is 24.4 Å². The van der Waals surface area contributed by atoms with E-state index in [-0.39, 0.29) is 11.9 Å². The molecule has 2 saturated heterocycles. The molecule has 0 saturated carbocycles. The van der Waals surface area contributed by atoms with Crippen molar-refractivity contribution in [3.05, 3.63) is 53.6 Å². The van der Waals surface area contributed by atoms with Gasteiger partial charge >= 0.3 is 0 Å². The summed E-state index contributed by atoms with van der Waals surface area (Å²) in [5.74, 6) is 2.76. The van der Waals surface area contributed by atoms with E-state index < -0.39 is 0 Å². The van der Waals surface area contributed by atoms with Crippen LogP contribution in [-0.2, 0) is 11.2 Å².